The molecule has 0 amide bonds. The summed E-state index contributed by atoms with van der Waals surface area (Å²) in [5.74, 6) is 0.325. The van der Waals surface area contributed by atoms with Gasteiger partial charge in [-0.25, -0.2) is 0 Å². The molecule has 112 valence electrons. The Balaban J connectivity index is 2.21. The molecule has 0 bridgehead atoms. The Morgan fingerprint density at radius 3 is 2.67 bits per heavy atom. The molecule has 0 fully saturated rings. The summed E-state index contributed by atoms with van der Waals surface area (Å²) >= 11 is 12.4. The Hall–Kier alpha value is -1.09. The lowest BCUT2D eigenvalue weighted by Gasteiger charge is -2.20. The molecule has 0 spiro atoms. The van der Waals surface area contributed by atoms with Gasteiger partial charge in [0.2, 0.25) is 0 Å². The number of hydrogen-bond donors (Lipinski definition) is 1. The number of halogens is 2. The lowest BCUT2D eigenvalue weighted by atomic mass is 9.92. The Labute approximate surface area is 136 Å². The quantitative estimate of drug-likeness (QED) is 0.832. The molecule has 1 aromatic heterocycles. The first-order valence-electron chi connectivity index (χ1n) is 7.13. The van der Waals surface area contributed by atoms with Crippen LogP contribution in [0.25, 0.3) is 0 Å². The van der Waals surface area contributed by atoms with Gasteiger partial charge in [0.15, 0.2) is 0 Å². The van der Waals surface area contributed by atoms with Crippen LogP contribution >= 0.6 is 23.2 Å². The monoisotopic (exact) mass is 322 g/mol. The summed E-state index contributed by atoms with van der Waals surface area (Å²) in [4.78, 5) is 4.04. The fraction of sp³-hybridized carbons (Fsp3) is 0.353. The van der Waals surface area contributed by atoms with Crippen LogP contribution in [-0.4, -0.2) is 17.6 Å². The van der Waals surface area contributed by atoms with Crippen molar-refractivity contribution in [3.05, 3.63) is 63.9 Å². The minimum atomic E-state index is 0.325. The second kappa shape index (κ2) is 7.79. The van der Waals surface area contributed by atoms with E-state index in [9.17, 15) is 0 Å². The highest BCUT2D eigenvalue weighted by Gasteiger charge is 2.15. The maximum atomic E-state index is 6.24. The second-order valence-corrected chi connectivity index (χ2v) is 6.33. The summed E-state index contributed by atoms with van der Waals surface area (Å²) in [7, 11) is 0. The molecule has 4 heteroatoms. The van der Waals surface area contributed by atoms with Gasteiger partial charge >= 0.3 is 0 Å². The number of nitrogens with zero attached hydrogens (tertiary/aromatic N) is 1. The van der Waals surface area contributed by atoms with Gasteiger partial charge in [-0.1, -0.05) is 49.2 Å². The van der Waals surface area contributed by atoms with E-state index in [-0.39, 0.29) is 0 Å². The van der Waals surface area contributed by atoms with E-state index in [0.717, 1.165) is 23.6 Å². The zero-order valence-corrected chi connectivity index (χ0v) is 13.8. The van der Waals surface area contributed by atoms with E-state index in [2.05, 4.69) is 30.2 Å². The predicted octanol–water partition coefficient (Wildman–Crippen LogP) is 4.71. The largest absolute Gasteiger partial charge is 0.314 e. The van der Waals surface area contributed by atoms with Crippen LogP contribution in [0.5, 0.6) is 0 Å². The lowest BCUT2D eigenvalue weighted by molar-refractivity contribution is 0.527. The minimum absolute atomic E-state index is 0.325. The molecule has 0 aliphatic rings. The van der Waals surface area contributed by atoms with Crippen molar-refractivity contribution >= 4 is 23.2 Å². The number of benzene rings is 1. The molecule has 0 saturated carbocycles. The summed E-state index contributed by atoms with van der Waals surface area (Å²) in [6.45, 7) is 5.18. The second-order valence-electron chi connectivity index (χ2n) is 5.49. The van der Waals surface area contributed by atoms with E-state index in [1.165, 1.54) is 5.56 Å². The molecule has 0 radical (unpaired) electrons. The number of rotatable bonds is 6. The third-order valence-electron chi connectivity index (χ3n) is 3.42. The number of aromatic nitrogens is 1. The average molecular weight is 323 g/mol. The van der Waals surface area contributed by atoms with Crippen LogP contribution in [0.1, 0.15) is 30.9 Å². The first-order chi connectivity index (χ1) is 10.1. The van der Waals surface area contributed by atoms with E-state index in [1.54, 1.807) is 12.4 Å². The van der Waals surface area contributed by atoms with Crippen molar-refractivity contribution in [2.24, 2.45) is 0 Å². The van der Waals surface area contributed by atoms with Crippen LogP contribution in [0.3, 0.4) is 0 Å². The zero-order valence-electron chi connectivity index (χ0n) is 12.3. The molecule has 2 rings (SSSR count). The standard InChI is InChI=1S/C17H20Cl2N2/c1-12(2)21-10-15(13-4-3-5-16(18)9-13)8-14-6-7-20-11-17(14)19/h3-7,9,11-12,15,21H,8,10H2,1-2H3. The summed E-state index contributed by atoms with van der Waals surface area (Å²) in [6.07, 6.45) is 4.34. The number of hydrogen-bond acceptors (Lipinski definition) is 2. The topological polar surface area (TPSA) is 24.9 Å². The predicted molar refractivity (Wildman–Crippen MR) is 90.3 cm³/mol. The molecule has 1 aromatic carbocycles. The van der Waals surface area contributed by atoms with Crippen molar-refractivity contribution in [1.82, 2.24) is 10.3 Å². The van der Waals surface area contributed by atoms with Gasteiger partial charge in [-0.05, 0) is 35.7 Å². The van der Waals surface area contributed by atoms with Crippen LogP contribution in [0, 0.1) is 0 Å². The van der Waals surface area contributed by atoms with Gasteiger partial charge in [0.05, 0.1) is 5.02 Å². The van der Waals surface area contributed by atoms with E-state index >= 15 is 0 Å². The molecule has 21 heavy (non-hydrogen) atoms. The van der Waals surface area contributed by atoms with Crippen LogP contribution in [0.2, 0.25) is 10.0 Å². The third-order valence-corrected chi connectivity index (χ3v) is 3.99. The van der Waals surface area contributed by atoms with Crippen molar-refractivity contribution < 1.29 is 0 Å². The Morgan fingerprint density at radius 1 is 1.19 bits per heavy atom. The van der Waals surface area contributed by atoms with E-state index in [0.29, 0.717) is 17.0 Å². The van der Waals surface area contributed by atoms with Gasteiger partial charge in [-0.2, -0.15) is 0 Å². The first kappa shape index (κ1) is 16.3. The molecule has 1 heterocycles. The molecule has 0 saturated heterocycles. The fourth-order valence-electron chi connectivity index (χ4n) is 2.28. The molecule has 0 aliphatic carbocycles. The summed E-state index contributed by atoms with van der Waals surface area (Å²) < 4.78 is 0. The summed E-state index contributed by atoms with van der Waals surface area (Å²) in [5, 5.41) is 4.98. The molecule has 0 aliphatic heterocycles. The van der Waals surface area contributed by atoms with Gasteiger partial charge in [0.1, 0.15) is 0 Å². The summed E-state index contributed by atoms with van der Waals surface area (Å²) in [6, 6.07) is 10.5. The molecular formula is C17H20Cl2N2. The molecule has 2 nitrogen and oxygen atoms in total. The van der Waals surface area contributed by atoms with Crippen LogP contribution in [0.4, 0.5) is 0 Å². The highest BCUT2D eigenvalue weighted by Crippen LogP contribution is 2.26. The van der Waals surface area contributed by atoms with Gasteiger partial charge in [0.25, 0.3) is 0 Å². The van der Waals surface area contributed by atoms with Gasteiger partial charge in [-0.15, -0.1) is 0 Å². The molecule has 1 atom stereocenters. The van der Waals surface area contributed by atoms with Crippen LogP contribution < -0.4 is 5.32 Å². The van der Waals surface area contributed by atoms with Crippen molar-refractivity contribution in [2.45, 2.75) is 32.2 Å². The fourth-order valence-corrected chi connectivity index (χ4v) is 2.68. The molecule has 1 unspecified atom stereocenters. The van der Waals surface area contributed by atoms with Crippen molar-refractivity contribution in [3.63, 3.8) is 0 Å². The van der Waals surface area contributed by atoms with Crippen molar-refractivity contribution in [1.29, 1.82) is 0 Å². The maximum Gasteiger partial charge on any atom is 0.0621 e. The third kappa shape index (κ3) is 4.99. The van der Waals surface area contributed by atoms with Crippen molar-refractivity contribution in [2.75, 3.05) is 6.54 Å². The Kier molecular flexibility index (Phi) is 6.04. The Morgan fingerprint density at radius 2 is 2.00 bits per heavy atom. The average Bonchev–Trinajstić information content (AvgIpc) is 2.45. The van der Waals surface area contributed by atoms with Gasteiger partial charge in [-0.3, -0.25) is 4.98 Å². The van der Waals surface area contributed by atoms with E-state index in [4.69, 9.17) is 23.2 Å². The van der Waals surface area contributed by atoms with Crippen molar-refractivity contribution in [3.8, 4) is 0 Å². The molecule has 1 N–H and O–H groups in total. The number of nitrogens with one attached hydrogen (secondary N) is 1. The first-order valence-corrected chi connectivity index (χ1v) is 7.89. The smallest absolute Gasteiger partial charge is 0.0621 e. The van der Waals surface area contributed by atoms with E-state index < -0.39 is 0 Å². The molecule has 2 aromatic rings. The minimum Gasteiger partial charge on any atom is -0.314 e. The SMILES string of the molecule is CC(C)NCC(Cc1ccncc1Cl)c1cccc(Cl)c1. The molecular weight excluding hydrogens is 303 g/mol. The normalized spacial score (nSPS) is 12.6. The maximum absolute atomic E-state index is 6.24. The van der Waals surface area contributed by atoms with Crippen LogP contribution in [-0.2, 0) is 6.42 Å². The highest BCUT2D eigenvalue weighted by molar-refractivity contribution is 6.31. The van der Waals surface area contributed by atoms with Crippen LogP contribution in [0.15, 0.2) is 42.7 Å². The summed E-state index contributed by atoms with van der Waals surface area (Å²) in [5.41, 5.74) is 2.34. The van der Waals surface area contributed by atoms with Gasteiger partial charge in [0, 0.05) is 35.9 Å². The van der Waals surface area contributed by atoms with E-state index in [1.807, 2.05) is 24.3 Å². The highest BCUT2D eigenvalue weighted by atomic mass is 35.5. The lowest BCUT2D eigenvalue weighted by Crippen LogP contribution is -2.29. The number of pyridine rings is 1. The zero-order chi connectivity index (χ0) is 15.2. The van der Waals surface area contributed by atoms with Gasteiger partial charge < -0.3 is 5.32 Å². The Bertz CT molecular complexity index is 585.